The zero-order chi connectivity index (χ0) is 22.2. The third-order valence-electron chi connectivity index (χ3n) is 5.76. The number of amides is 1. The fraction of sp³-hybridized carbons (Fsp3) is 0.208. The van der Waals surface area contributed by atoms with Gasteiger partial charge in [-0.2, -0.15) is 0 Å². The van der Waals surface area contributed by atoms with Crippen molar-refractivity contribution in [1.29, 1.82) is 0 Å². The minimum atomic E-state index is -0.386. The molecule has 0 fully saturated rings. The predicted octanol–water partition coefficient (Wildman–Crippen LogP) is 5.95. The van der Waals surface area contributed by atoms with Crippen molar-refractivity contribution in [2.75, 3.05) is 5.32 Å². The highest BCUT2D eigenvalue weighted by Crippen LogP contribution is 2.33. The Bertz CT molecular complexity index is 1410. The average molecular weight is 484 g/mol. The highest BCUT2D eigenvalue weighted by Gasteiger charge is 2.17. The van der Waals surface area contributed by atoms with E-state index in [9.17, 15) is 9.59 Å². The fourth-order valence-electron chi connectivity index (χ4n) is 4.14. The summed E-state index contributed by atoms with van der Waals surface area (Å²) in [6.07, 6.45) is 6.02. The van der Waals surface area contributed by atoms with E-state index in [4.69, 9.17) is 23.2 Å². The largest absolute Gasteiger partial charge is 0.323 e. The molecular weight excluding hydrogens is 465 g/mol. The lowest BCUT2D eigenvalue weighted by molar-refractivity contribution is -0.116. The summed E-state index contributed by atoms with van der Waals surface area (Å²) < 4.78 is 1.32. The first-order valence-electron chi connectivity index (χ1n) is 10.3. The van der Waals surface area contributed by atoms with Crippen LogP contribution in [0.5, 0.6) is 0 Å². The molecule has 4 aromatic rings. The molecule has 1 N–H and O–H groups in total. The molecule has 8 heteroatoms. The SMILES string of the molecule is O=C(Cn1cnc2scc(-c3ccc4c(c3)CCCC4)c2c1=O)Nc1cccc(Cl)c1Cl. The van der Waals surface area contributed by atoms with Gasteiger partial charge in [0.25, 0.3) is 5.56 Å². The van der Waals surface area contributed by atoms with Crippen LogP contribution in [0.25, 0.3) is 21.3 Å². The molecule has 1 aliphatic carbocycles. The lowest BCUT2D eigenvalue weighted by Crippen LogP contribution is -2.27. The summed E-state index contributed by atoms with van der Waals surface area (Å²) in [7, 11) is 0. The molecule has 0 bridgehead atoms. The molecule has 0 aliphatic heterocycles. The van der Waals surface area contributed by atoms with Gasteiger partial charge in [0.05, 0.1) is 27.4 Å². The van der Waals surface area contributed by atoms with E-state index < -0.39 is 0 Å². The van der Waals surface area contributed by atoms with Crippen molar-refractivity contribution in [3.63, 3.8) is 0 Å². The number of thiophene rings is 1. The number of carbonyl (C=O) groups excluding carboxylic acids is 1. The molecule has 0 unspecified atom stereocenters. The van der Waals surface area contributed by atoms with E-state index in [0.717, 1.165) is 24.0 Å². The smallest absolute Gasteiger partial charge is 0.263 e. The van der Waals surface area contributed by atoms with Gasteiger partial charge in [-0.25, -0.2) is 4.98 Å². The number of nitrogens with zero attached hydrogens (tertiary/aromatic N) is 2. The van der Waals surface area contributed by atoms with Gasteiger partial charge in [-0.05, 0) is 54.5 Å². The Balaban J connectivity index is 1.47. The van der Waals surface area contributed by atoms with Gasteiger partial charge in [-0.1, -0.05) is 47.5 Å². The van der Waals surface area contributed by atoms with Crippen LogP contribution in [0.3, 0.4) is 0 Å². The Morgan fingerprint density at radius 2 is 1.94 bits per heavy atom. The highest BCUT2D eigenvalue weighted by atomic mass is 35.5. The number of hydrogen-bond acceptors (Lipinski definition) is 4. The van der Waals surface area contributed by atoms with Gasteiger partial charge in [-0.3, -0.25) is 14.2 Å². The number of nitrogens with one attached hydrogen (secondary N) is 1. The topological polar surface area (TPSA) is 64.0 Å². The van der Waals surface area contributed by atoms with Crippen LogP contribution in [0.15, 0.2) is 52.9 Å². The Morgan fingerprint density at radius 3 is 2.78 bits per heavy atom. The van der Waals surface area contributed by atoms with Crippen LogP contribution in [0.1, 0.15) is 24.0 Å². The molecule has 5 rings (SSSR count). The number of halogens is 2. The number of anilines is 1. The first-order valence-corrected chi connectivity index (χ1v) is 12.0. The summed E-state index contributed by atoms with van der Waals surface area (Å²) in [5.41, 5.74) is 4.79. The van der Waals surface area contributed by atoms with Crippen molar-refractivity contribution in [2.45, 2.75) is 32.2 Å². The molecule has 32 heavy (non-hydrogen) atoms. The molecule has 0 saturated heterocycles. The van der Waals surface area contributed by atoms with Crippen LogP contribution in [-0.2, 0) is 24.2 Å². The third kappa shape index (κ3) is 3.94. The maximum atomic E-state index is 13.3. The lowest BCUT2D eigenvalue weighted by Gasteiger charge is -2.16. The number of fused-ring (bicyclic) bond motifs is 2. The molecule has 0 atom stereocenters. The summed E-state index contributed by atoms with van der Waals surface area (Å²) in [5.74, 6) is -0.386. The maximum absolute atomic E-state index is 13.3. The quantitative estimate of drug-likeness (QED) is 0.390. The second-order valence-corrected chi connectivity index (χ2v) is 9.49. The second kappa shape index (κ2) is 8.70. The second-order valence-electron chi connectivity index (χ2n) is 7.85. The van der Waals surface area contributed by atoms with Gasteiger partial charge in [0.1, 0.15) is 11.4 Å². The van der Waals surface area contributed by atoms with Gasteiger partial charge >= 0.3 is 0 Å². The van der Waals surface area contributed by atoms with Gasteiger partial charge in [0, 0.05) is 10.9 Å². The third-order valence-corrected chi connectivity index (χ3v) is 7.47. The molecule has 0 radical (unpaired) electrons. The summed E-state index contributed by atoms with van der Waals surface area (Å²) in [6.45, 7) is -0.176. The minimum Gasteiger partial charge on any atom is -0.323 e. The first-order chi connectivity index (χ1) is 15.5. The minimum absolute atomic E-state index is 0.176. The summed E-state index contributed by atoms with van der Waals surface area (Å²) >= 11 is 13.6. The van der Waals surface area contributed by atoms with E-state index >= 15 is 0 Å². The zero-order valence-corrected chi connectivity index (χ0v) is 19.4. The van der Waals surface area contributed by atoms with Gasteiger partial charge < -0.3 is 5.32 Å². The predicted molar refractivity (Wildman–Crippen MR) is 131 cm³/mol. The molecule has 5 nitrogen and oxygen atoms in total. The molecule has 1 aliphatic rings. The summed E-state index contributed by atoms with van der Waals surface area (Å²) in [4.78, 5) is 31.0. The number of aryl methyl sites for hydroxylation is 2. The molecule has 2 aromatic heterocycles. The highest BCUT2D eigenvalue weighted by molar-refractivity contribution is 7.17. The average Bonchev–Trinajstić information content (AvgIpc) is 3.23. The normalized spacial score (nSPS) is 13.2. The van der Waals surface area contributed by atoms with Gasteiger partial charge in [0.15, 0.2) is 0 Å². The van der Waals surface area contributed by atoms with E-state index in [1.54, 1.807) is 18.2 Å². The number of hydrogen-bond donors (Lipinski definition) is 1. The maximum Gasteiger partial charge on any atom is 0.263 e. The van der Waals surface area contributed by atoms with E-state index in [1.807, 2.05) is 5.38 Å². The van der Waals surface area contributed by atoms with E-state index in [2.05, 4.69) is 28.5 Å². The lowest BCUT2D eigenvalue weighted by atomic mass is 9.89. The molecule has 0 spiro atoms. The molecule has 162 valence electrons. The number of benzene rings is 2. The molecule has 0 saturated carbocycles. The van der Waals surface area contributed by atoms with Gasteiger partial charge in [-0.15, -0.1) is 11.3 Å². The number of rotatable bonds is 4. The van der Waals surface area contributed by atoms with Crippen LogP contribution in [0.4, 0.5) is 5.69 Å². The molecular formula is C24H19Cl2N3O2S. The summed E-state index contributed by atoms with van der Waals surface area (Å²) in [6, 6.07) is 11.4. The van der Waals surface area contributed by atoms with Crippen LogP contribution in [0.2, 0.25) is 10.0 Å². The van der Waals surface area contributed by atoms with Crippen molar-refractivity contribution in [3.05, 3.63) is 79.6 Å². The van der Waals surface area contributed by atoms with Crippen LogP contribution in [0, 0.1) is 0 Å². The van der Waals surface area contributed by atoms with Crippen LogP contribution < -0.4 is 10.9 Å². The Hall–Kier alpha value is -2.67. The number of aromatic nitrogens is 2. The van der Waals surface area contributed by atoms with E-state index in [0.29, 0.717) is 20.9 Å². The first kappa shape index (κ1) is 21.2. The Morgan fingerprint density at radius 1 is 1.12 bits per heavy atom. The van der Waals surface area contributed by atoms with Crippen molar-refractivity contribution >= 4 is 56.3 Å². The summed E-state index contributed by atoms with van der Waals surface area (Å²) in [5, 5.41) is 5.83. The Kier molecular flexibility index (Phi) is 5.76. The van der Waals surface area contributed by atoms with E-state index in [-0.39, 0.29) is 23.0 Å². The van der Waals surface area contributed by atoms with Gasteiger partial charge in [0.2, 0.25) is 5.91 Å². The van der Waals surface area contributed by atoms with Crippen molar-refractivity contribution in [1.82, 2.24) is 9.55 Å². The van der Waals surface area contributed by atoms with Crippen molar-refractivity contribution in [2.24, 2.45) is 0 Å². The van der Waals surface area contributed by atoms with Crippen molar-refractivity contribution in [3.8, 4) is 11.1 Å². The van der Waals surface area contributed by atoms with Crippen LogP contribution in [-0.4, -0.2) is 15.5 Å². The fourth-order valence-corrected chi connectivity index (χ4v) is 5.39. The number of carbonyl (C=O) groups is 1. The van der Waals surface area contributed by atoms with E-state index in [1.165, 1.54) is 46.2 Å². The Labute approximate surface area is 198 Å². The zero-order valence-electron chi connectivity index (χ0n) is 17.0. The standard InChI is InChI=1S/C24H19Cl2N3O2S/c25-18-6-3-7-19(22(18)26)28-20(30)11-29-13-27-23-21(24(29)31)17(12-32-23)16-9-8-14-4-1-2-5-15(14)10-16/h3,6-10,12-13H,1-2,4-5,11H2,(H,28,30). The monoisotopic (exact) mass is 483 g/mol. The molecule has 2 heterocycles. The van der Waals surface area contributed by atoms with Crippen LogP contribution >= 0.6 is 34.5 Å². The molecule has 2 aromatic carbocycles. The molecule has 1 amide bonds. The van der Waals surface area contributed by atoms with Crippen molar-refractivity contribution < 1.29 is 4.79 Å².